The average Bonchev–Trinajstić information content (AvgIpc) is 3.25. The zero-order chi connectivity index (χ0) is 22.5. The van der Waals surface area contributed by atoms with Crippen LogP contribution in [0.4, 0.5) is 5.69 Å². The molecule has 0 spiro atoms. The lowest BCUT2D eigenvalue weighted by molar-refractivity contribution is -0.119. The maximum atomic E-state index is 12.9. The van der Waals surface area contributed by atoms with Crippen LogP contribution in [0.2, 0.25) is 0 Å². The number of nitrogens with one attached hydrogen (secondary N) is 1. The Morgan fingerprint density at radius 3 is 2.62 bits per heavy atom. The van der Waals surface area contributed by atoms with E-state index in [0.717, 1.165) is 5.56 Å². The molecule has 4 aromatic rings. The highest BCUT2D eigenvalue weighted by Crippen LogP contribution is 2.25. The molecule has 32 heavy (non-hydrogen) atoms. The molecular weight excluding hydrogens is 408 g/mol. The summed E-state index contributed by atoms with van der Waals surface area (Å²) in [5.41, 5.74) is 2.93. The van der Waals surface area contributed by atoms with Gasteiger partial charge in [0.15, 0.2) is 12.3 Å². The number of pyridine rings is 1. The third-order valence-electron chi connectivity index (χ3n) is 4.89. The van der Waals surface area contributed by atoms with Crippen LogP contribution in [0.1, 0.15) is 17.3 Å². The van der Waals surface area contributed by atoms with Crippen LogP contribution in [0, 0.1) is 0 Å². The Hall–Kier alpha value is -4.20. The van der Waals surface area contributed by atoms with E-state index in [1.165, 1.54) is 0 Å². The second-order valence-electron chi connectivity index (χ2n) is 6.97. The number of rotatable bonds is 7. The number of carbonyl (C=O) groups is 2. The summed E-state index contributed by atoms with van der Waals surface area (Å²) >= 11 is 0. The van der Waals surface area contributed by atoms with E-state index in [4.69, 9.17) is 9.47 Å². The van der Waals surface area contributed by atoms with Crippen LogP contribution in [0.3, 0.4) is 0 Å². The van der Waals surface area contributed by atoms with E-state index in [0.29, 0.717) is 40.3 Å². The van der Waals surface area contributed by atoms with Crippen LogP contribution in [0.15, 0.2) is 66.9 Å². The Morgan fingerprint density at radius 1 is 1.06 bits per heavy atom. The van der Waals surface area contributed by atoms with Crippen molar-refractivity contribution in [2.45, 2.75) is 13.5 Å². The van der Waals surface area contributed by atoms with Gasteiger partial charge >= 0.3 is 5.97 Å². The minimum atomic E-state index is -0.619. The van der Waals surface area contributed by atoms with Crippen LogP contribution in [-0.4, -0.2) is 40.4 Å². The Morgan fingerprint density at radius 2 is 1.88 bits per heavy atom. The number of nitrogens with zero attached hydrogens (tertiary/aromatic N) is 3. The first-order chi connectivity index (χ1) is 15.6. The SMILES string of the molecule is CCn1ncc2c(C(=O)OCC(=O)Nc3cccc(OC)c3)cc(-c3ccccc3)nc21. The van der Waals surface area contributed by atoms with Gasteiger partial charge in [0, 0.05) is 23.9 Å². The molecule has 8 nitrogen and oxygen atoms in total. The predicted molar refractivity (Wildman–Crippen MR) is 121 cm³/mol. The van der Waals surface area contributed by atoms with Crippen LogP contribution in [0.25, 0.3) is 22.3 Å². The Bertz CT molecular complexity index is 1270. The van der Waals surface area contributed by atoms with Gasteiger partial charge in [-0.3, -0.25) is 4.79 Å². The first-order valence-corrected chi connectivity index (χ1v) is 10.1. The molecule has 0 radical (unpaired) electrons. The van der Waals surface area contributed by atoms with Gasteiger partial charge in [-0.05, 0) is 25.1 Å². The summed E-state index contributed by atoms with van der Waals surface area (Å²) in [4.78, 5) is 29.9. The summed E-state index contributed by atoms with van der Waals surface area (Å²) in [7, 11) is 1.54. The fourth-order valence-electron chi connectivity index (χ4n) is 3.31. The second kappa shape index (κ2) is 9.30. The highest BCUT2D eigenvalue weighted by Gasteiger charge is 2.19. The Labute approximate surface area is 184 Å². The van der Waals surface area contributed by atoms with Gasteiger partial charge in [-0.25, -0.2) is 14.5 Å². The molecule has 0 aliphatic rings. The van der Waals surface area contributed by atoms with Crippen molar-refractivity contribution in [1.29, 1.82) is 0 Å². The molecule has 0 unspecified atom stereocenters. The van der Waals surface area contributed by atoms with Gasteiger partial charge in [0.05, 0.1) is 30.0 Å². The number of anilines is 1. The number of aryl methyl sites for hydroxylation is 1. The van der Waals surface area contributed by atoms with Crippen molar-refractivity contribution < 1.29 is 19.1 Å². The van der Waals surface area contributed by atoms with Gasteiger partial charge in [0.2, 0.25) is 0 Å². The van der Waals surface area contributed by atoms with Crippen LogP contribution in [0.5, 0.6) is 5.75 Å². The zero-order valence-corrected chi connectivity index (χ0v) is 17.7. The number of carbonyl (C=O) groups excluding carboxylic acids is 2. The summed E-state index contributed by atoms with van der Waals surface area (Å²) in [6, 6.07) is 18.1. The van der Waals surface area contributed by atoms with Crippen molar-refractivity contribution in [1.82, 2.24) is 14.8 Å². The maximum Gasteiger partial charge on any atom is 0.339 e. The van der Waals surface area contributed by atoms with Gasteiger partial charge in [-0.2, -0.15) is 5.10 Å². The van der Waals surface area contributed by atoms with Crippen molar-refractivity contribution in [3.05, 3.63) is 72.4 Å². The van der Waals surface area contributed by atoms with E-state index in [-0.39, 0.29) is 0 Å². The molecule has 1 N–H and O–H groups in total. The van der Waals surface area contributed by atoms with E-state index in [1.54, 1.807) is 48.3 Å². The van der Waals surface area contributed by atoms with Crippen LogP contribution < -0.4 is 10.1 Å². The molecular formula is C24H22N4O4. The topological polar surface area (TPSA) is 95.3 Å². The summed E-state index contributed by atoms with van der Waals surface area (Å²) < 4.78 is 12.2. The van der Waals surface area contributed by atoms with Gasteiger partial charge in [-0.15, -0.1) is 0 Å². The monoisotopic (exact) mass is 430 g/mol. The number of aromatic nitrogens is 3. The molecule has 2 aromatic carbocycles. The van der Waals surface area contributed by atoms with E-state index >= 15 is 0 Å². The first-order valence-electron chi connectivity index (χ1n) is 10.1. The standard InChI is InChI=1S/C24H22N4O4/c1-3-28-23-20(14-25-28)19(13-21(27-23)16-8-5-4-6-9-16)24(30)32-15-22(29)26-17-10-7-11-18(12-17)31-2/h4-14H,3,15H2,1-2H3,(H,26,29). The third-order valence-corrected chi connectivity index (χ3v) is 4.89. The number of methoxy groups -OCH3 is 1. The van der Waals surface area contributed by atoms with E-state index in [1.807, 2.05) is 37.3 Å². The first kappa shape index (κ1) is 21.0. The molecule has 4 rings (SSSR count). The van der Waals surface area contributed by atoms with E-state index in [9.17, 15) is 9.59 Å². The smallest absolute Gasteiger partial charge is 0.339 e. The molecule has 0 saturated carbocycles. The predicted octanol–water partition coefficient (Wildman–Crippen LogP) is 3.92. The molecule has 1 amide bonds. The number of hydrogen-bond acceptors (Lipinski definition) is 6. The lowest BCUT2D eigenvalue weighted by atomic mass is 10.1. The minimum absolute atomic E-state index is 0.308. The summed E-state index contributed by atoms with van der Waals surface area (Å²) in [6.07, 6.45) is 1.59. The van der Waals surface area contributed by atoms with Crippen molar-refractivity contribution in [2.24, 2.45) is 0 Å². The number of ether oxygens (including phenoxy) is 2. The van der Waals surface area contributed by atoms with Crippen molar-refractivity contribution in [2.75, 3.05) is 19.0 Å². The molecule has 0 fully saturated rings. The van der Waals surface area contributed by atoms with Crippen molar-refractivity contribution >= 4 is 28.6 Å². The molecule has 8 heteroatoms. The summed E-state index contributed by atoms with van der Waals surface area (Å²) in [5, 5.41) is 7.57. The molecule has 0 saturated heterocycles. The normalized spacial score (nSPS) is 10.7. The molecule has 0 aliphatic heterocycles. The van der Waals surface area contributed by atoms with Gasteiger partial charge in [0.25, 0.3) is 5.91 Å². The largest absolute Gasteiger partial charge is 0.497 e. The van der Waals surface area contributed by atoms with Gasteiger partial charge in [-0.1, -0.05) is 36.4 Å². The number of amides is 1. The van der Waals surface area contributed by atoms with Crippen LogP contribution >= 0.6 is 0 Å². The fourth-order valence-corrected chi connectivity index (χ4v) is 3.31. The second-order valence-corrected chi connectivity index (χ2v) is 6.97. The molecule has 2 heterocycles. The van der Waals surface area contributed by atoms with Gasteiger partial charge in [0.1, 0.15) is 5.75 Å². The Balaban J connectivity index is 1.56. The number of fused-ring (bicyclic) bond motifs is 1. The number of hydrogen-bond donors (Lipinski definition) is 1. The average molecular weight is 430 g/mol. The number of esters is 1. The van der Waals surface area contributed by atoms with Crippen LogP contribution in [-0.2, 0) is 16.1 Å². The van der Waals surface area contributed by atoms with Crippen molar-refractivity contribution in [3.8, 4) is 17.0 Å². The van der Waals surface area contributed by atoms with Crippen molar-refractivity contribution in [3.63, 3.8) is 0 Å². The zero-order valence-electron chi connectivity index (χ0n) is 17.7. The highest BCUT2D eigenvalue weighted by molar-refractivity contribution is 6.04. The fraction of sp³-hybridized carbons (Fsp3) is 0.167. The lowest BCUT2D eigenvalue weighted by Crippen LogP contribution is -2.21. The summed E-state index contributed by atoms with van der Waals surface area (Å²) in [5.74, 6) is -0.462. The molecule has 0 atom stereocenters. The molecule has 0 aliphatic carbocycles. The van der Waals surface area contributed by atoms with Gasteiger partial charge < -0.3 is 14.8 Å². The van der Waals surface area contributed by atoms with E-state index in [2.05, 4.69) is 15.4 Å². The third kappa shape index (κ3) is 4.44. The quantitative estimate of drug-likeness (QED) is 0.447. The molecule has 162 valence electrons. The van der Waals surface area contributed by atoms with E-state index < -0.39 is 18.5 Å². The molecule has 0 bridgehead atoms. The number of benzene rings is 2. The Kier molecular flexibility index (Phi) is 6.12. The maximum absolute atomic E-state index is 12.9. The minimum Gasteiger partial charge on any atom is -0.497 e. The summed E-state index contributed by atoms with van der Waals surface area (Å²) in [6.45, 7) is 2.12. The molecule has 2 aromatic heterocycles. The lowest BCUT2D eigenvalue weighted by Gasteiger charge is -2.10. The highest BCUT2D eigenvalue weighted by atomic mass is 16.5.